The summed E-state index contributed by atoms with van der Waals surface area (Å²) in [5, 5.41) is 3.27. The van der Waals surface area contributed by atoms with Gasteiger partial charge in [0.2, 0.25) is 0 Å². The lowest BCUT2D eigenvalue weighted by atomic mass is 10.2. The summed E-state index contributed by atoms with van der Waals surface area (Å²) in [7, 11) is 0. The highest BCUT2D eigenvalue weighted by molar-refractivity contribution is 5.08. The second-order valence-electron chi connectivity index (χ2n) is 2.21. The third-order valence-electron chi connectivity index (χ3n) is 1.24. The van der Waals surface area contributed by atoms with Gasteiger partial charge in [0, 0.05) is 12.2 Å². The van der Waals surface area contributed by atoms with E-state index in [4.69, 9.17) is 0 Å². The van der Waals surface area contributed by atoms with Gasteiger partial charge in [-0.05, 0) is 19.4 Å². The van der Waals surface area contributed by atoms with Gasteiger partial charge < -0.3 is 5.32 Å². The molecule has 0 spiro atoms. The molecule has 0 aliphatic rings. The second kappa shape index (κ2) is 6.40. The summed E-state index contributed by atoms with van der Waals surface area (Å²) in [4.78, 5) is 0. The van der Waals surface area contributed by atoms with Crippen molar-refractivity contribution in [2.75, 3.05) is 6.54 Å². The van der Waals surface area contributed by atoms with Crippen LogP contribution in [0.1, 0.15) is 26.7 Å². The number of allylic oxidation sites excluding steroid dienone is 3. The van der Waals surface area contributed by atoms with E-state index in [1.165, 1.54) is 12.1 Å². The van der Waals surface area contributed by atoms with Crippen molar-refractivity contribution >= 4 is 0 Å². The van der Waals surface area contributed by atoms with E-state index in [-0.39, 0.29) is 0 Å². The van der Waals surface area contributed by atoms with Crippen molar-refractivity contribution in [3.8, 4) is 0 Å². The van der Waals surface area contributed by atoms with Crippen LogP contribution in [0.3, 0.4) is 0 Å². The Labute approximate surface area is 63.8 Å². The second-order valence-corrected chi connectivity index (χ2v) is 2.21. The molecule has 0 radical (unpaired) electrons. The maximum absolute atomic E-state index is 3.65. The van der Waals surface area contributed by atoms with Crippen LogP contribution < -0.4 is 5.32 Å². The van der Waals surface area contributed by atoms with E-state index in [9.17, 15) is 0 Å². The van der Waals surface area contributed by atoms with E-state index in [2.05, 4.69) is 25.7 Å². The molecule has 0 saturated carbocycles. The van der Waals surface area contributed by atoms with Gasteiger partial charge >= 0.3 is 0 Å². The largest absolute Gasteiger partial charge is 0.389 e. The summed E-state index contributed by atoms with van der Waals surface area (Å²) < 4.78 is 0. The molecule has 0 aliphatic heterocycles. The topological polar surface area (TPSA) is 12.0 Å². The molecule has 1 nitrogen and oxygen atoms in total. The van der Waals surface area contributed by atoms with Gasteiger partial charge in [0.25, 0.3) is 0 Å². The van der Waals surface area contributed by atoms with E-state index < -0.39 is 0 Å². The maximum Gasteiger partial charge on any atom is 0.0115 e. The molecule has 58 valence electrons. The fourth-order valence-corrected chi connectivity index (χ4v) is 0.869. The minimum atomic E-state index is 1.000. The Balaban J connectivity index is 3.71. The Morgan fingerprint density at radius 3 is 2.60 bits per heavy atom. The average Bonchev–Trinajstić information content (AvgIpc) is 1.90. The minimum Gasteiger partial charge on any atom is -0.389 e. The molecule has 0 aromatic rings. The molecule has 0 aromatic heterocycles. The van der Waals surface area contributed by atoms with Gasteiger partial charge in [-0.3, -0.25) is 0 Å². The lowest BCUT2D eigenvalue weighted by Crippen LogP contribution is -2.11. The molecule has 0 bridgehead atoms. The molecular formula is C9H17N. The molecule has 0 aliphatic carbocycles. The molecule has 0 rings (SSSR count). The summed E-state index contributed by atoms with van der Waals surface area (Å²) in [6, 6.07) is 0. The summed E-state index contributed by atoms with van der Waals surface area (Å²) >= 11 is 0. The van der Waals surface area contributed by atoms with Crippen molar-refractivity contribution in [3.05, 3.63) is 24.4 Å². The van der Waals surface area contributed by atoms with E-state index in [0.717, 1.165) is 13.0 Å². The van der Waals surface area contributed by atoms with Crippen LogP contribution in [-0.2, 0) is 0 Å². The number of nitrogens with one attached hydrogen (secondary N) is 1. The first-order chi connectivity index (χ1) is 4.85. The Hall–Kier alpha value is -0.720. The number of hydrogen-bond acceptors (Lipinski definition) is 1. The zero-order chi connectivity index (χ0) is 7.82. The van der Waals surface area contributed by atoms with E-state index in [1.54, 1.807) is 0 Å². The highest BCUT2D eigenvalue weighted by Crippen LogP contribution is 1.99. The molecule has 10 heavy (non-hydrogen) atoms. The third-order valence-corrected chi connectivity index (χ3v) is 1.24. The van der Waals surface area contributed by atoms with Crippen molar-refractivity contribution < 1.29 is 0 Å². The first-order valence-corrected chi connectivity index (χ1v) is 3.90. The Kier molecular flexibility index (Phi) is 5.94. The molecule has 1 heteroatoms. The molecule has 0 fully saturated rings. The summed E-state index contributed by atoms with van der Waals surface area (Å²) in [6.45, 7) is 8.93. The van der Waals surface area contributed by atoms with Crippen LogP contribution in [-0.4, -0.2) is 6.54 Å². The quantitative estimate of drug-likeness (QED) is 0.577. The summed E-state index contributed by atoms with van der Waals surface area (Å²) in [5.74, 6) is 0. The van der Waals surface area contributed by atoms with Crippen LogP contribution in [0.2, 0.25) is 0 Å². The van der Waals surface area contributed by atoms with Gasteiger partial charge in [0.1, 0.15) is 0 Å². The Morgan fingerprint density at radius 2 is 2.20 bits per heavy atom. The van der Waals surface area contributed by atoms with Crippen LogP contribution in [0.4, 0.5) is 0 Å². The molecule has 0 atom stereocenters. The Morgan fingerprint density at radius 1 is 1.50 bits per heavy atom. The van der Waals surface area contributed by atoms with Gasteiger partial charge in [-0.25, -0.2) is 0 Å². The van der Waals surface area contributed by atoms with Crippen LogP contribution in [0.5, 0.6) is 0 Å². The first kappa shape index (κ1) is 9.28. The predicted molar refractivity (Wildman–Crippen MR) is 46.9 cm³/mol. The smallest absolute Gasteiger partial charge is 0.0115 e. The normalized spacial score (nSPS) is 11.2. The average molecular weight is 139 g/mol. The van der Waals surface area contributed by atoms with Crippen LogP contribution in [0.25, 0.3) is 0 Å². The standard InChI is InChI=1S/C9H17N/c1-4-7-9(8-5-2)10-6-3/h4,7,10H,1,5-6,8H2,2-3H3/b9-7-. The summed E-state index contributed by atoms with van der Waals surface area (Å²) in [6.07, 6.45) is 6.17. The zero-order valence-electron chi connectivity index (χ0n) is 6.98. The SMILES string of the molecule is C=C/C=C(/CCC)NCC. The van der Waals surface area contributed by atoms with Crippen molar-refractivity contribution in [1.29, 1.82) is 0 Å². The molecule has 0 aromatic carbocycles. The monoisotopic (exact) mass is 139 g/mol. The van der Waals surface area contributed by atoms with Gasteiger partial charge in [0.05, 0.1) is 0 Å². The van der Waals surface area contributed by atoms with Gasteiger partial charge in [-0.2, -0.15) is 0 Å². The van der Waals surface area contributed by atoms with E-state index in [0.29, 0.717) is 0 Å². The fourth-order valence-electron chi connectivity index (χ4n) is 0.869. The minimum absolute atomic E-state index is 1.000. The zero-order valence-corrected chi connectivity index (χ0v) is 6.98. The highest BCUT2D eigenvalue weighted by atomic mass is 14.9. The lowest BCUT2D eigenvalue weighted by molar-refractivity contribution is 0.761. The van der Waals surface area contributed by atoms with Crippen molar-refractivity contribution in [1.82, 2.24) is 5.32 Å². The fraction of sp³-hybridized carbons (Fsp3) is 0.556. The number of hydrogen-bond donors (Lipinski definition) is 1. The van der Waals surface area contributed by atoms with Crippen LogP contribution >= 0.6 is 0 Å². The Bertz CT molecular complexity index is 106. The van der Waals surface area contributed by atoms with E-state index >= 15 is 0 Å². The van der Waals surface area contributed by atoms with Crippen LogP contribution in [0, 0.1) is 0 Å². The van der Waals surface area contributed by atoms with Crippen molar-refractivity contribution in [2.45, 2.75) is 26.7 Å². The highest BCUT2D eigenvalue weighted by Gasteiger charge is 1.89. The molecule has 0 saturated heterocycles. The number of rotatable bonds is 5. The molecular weight excluding hydrogens is 122 g/mol. The molecule has 1 N–H and O–H groups in total. The van der Waals surface area contributed by atoms with Crippen LogP contribution in [0.15, 0.2) is 24.4 Å². The van der Waals surface area contributed by atoms with Crippen molar-refractivity contribution in [3.63, 3.8) is 0 Å². The van der Waals surface area contributed by atoms with Gasteiger partial charge in [-0.15, -0.1) is 0 Å². The van der Waals surface area contributed by atoms with Gasteiger partial charge in [-0.1, -0.05) is 26.0 Å². The van der Waals surface area contributed by atoms with Crippen molar-refractivity contribution in [2.24, 2.45) is 0 Å². The predicted octanol–water partition coefficient (Wildman–Crippen LogP) is 2.47. The third kappa shape index (κ3) is 4.19. The molecule has 0 heterocycles. The van der Waals surface area contributed by atoms with E-state index in [1.807, 2.05) is 12.2 Å². The molecule has 0 amide bonds. The maximum atomic E-state index is 3.65. The summed E-state index contributed by atoms with van der Waals surface area (Å²) in [5.41, 5.74) is 1.29. The first-order valence-electron chi connectivity index (χ1n) is 3.90. The lowest BCUT2D eigenvalue weighted by Gasteiger charge is -2.05. The van der Waals surface area contributed by atoms with Gasteiger partial charge in [0.15, 0.2) is 0 Å². The molecule has 0 unspecified atom stereocenters.